The van der Waals surface area contributed by atoms with E-state index in [0.29, 0.717) is 5.92 Å². The molecule has 1 aliphatic rings. The average Bonchev–Trinajstić information content (AvgIpc) is 3.21. The van der Waals surface area contributed by atoms with E-state index in [2.05, 4.69) is 5.32 Å². The van der Waals surface area contributed by atoms with Crippen molar-refractivity contribution in [3.05, 3.63) is 70.5 Å². The minimum Gasteiger partial charge on any atom is -0.352 e. The lowest BCUT2D eigenvalue weighted by Crippen LogP contribution is -2.28. The fourth-order valence-corrected chi connectivity index (χ4v) is 2.80. The van der Waals surface area contributed by atoms with E-state index in [-0.39, 0.29) is 24.2 Å². The molecule has 2 aromatic rings. The van der Waals surface area contributed by atoms with Crippen molar-refractivity contribution in [1.82, 2.24) is 5.32 Å². The van der Waals surface area contributed by atoms with Crippen LogP contribution in [0.25, 0.3) is 0 Å². The van der Waals surface area contributed by atoms with E-state index in [1.807, 2.05) is 24.3 Å². The first-order chi connectivity index (χ1) is 10.1. The highest BCUT2D eigenvalue weighted by Gasteiger charge is 2.40. The molecule has 0 bridgehead atoms. The first-order valence-corrected chi connectivity index (χ1v) is 7.29. The van der Waals surface area contributed by atoms with Crippen molar-refractivity contribution in [2.45, 2.75) is 24.8 Å². The van der Waals surface area contributed by atoms with Gasteiger partial charge in [-0.3, -0.25) is 4.79 Å². The monoisotopic (exact) mass is 303 g/mol. The van der Waals surface area contributed by atoms with Gasteiger partial charge in [-0.1, -0.05) is 41.9 Å². The third-order valence-electron chi connectivity index (χ3n) is 3.72. The Labute approximate surface area is 127 Å². The second-order valence-electron chi connectivity index (χ2n) is 5.34. The Hall–Kier alpha value is -1.87. The molecular formula is C17H15ClFNO. The molecule has 1 aliphatic carbocycles. The third-order valence-corrected chi connectivity index (χ3v) is 4.06. The minimum absolute atomic E-state index is 0.0406. The van der Waals surface area contributed by atoms with Crippen molar-refractivity contribution < 1.29 is 9.18 Å². The Morgan fingerprint density at radius 3 is 2.62 bits per heavy atom. The van der Waals surface area contributed by atoms with Crippen LogP contribution in [0.15, 0.2) is 48.5 Å². The molecule has 21 heavy (non-hydrogen) atoms. The number of nitrogens with one attached hydrogen (secondary N) is 1. The van der Waals surface area contributed by atoms with E-state index in [1.54, 1.807) is 12.1 Å². The van der Waals surface area contributed by atoms with E-state index >= 15 is 0 Å². The number of halogens is 2. The smallest absolute Gasteiger partial charge is 0.224 e. The van der Waals surface area contributed by atoms with Gasteiger partial charge >= 0.3 is 0 Å². The summed E-state index contributed by atoms with van der Waals surface area (Å²) in [5, 5.41) is 3.75. The van der Waals surface area contributed by atoms with Gasteiger partial charge in [0.2, 0.25) is 5.91 Å². The topological polar surface area (TPSA) is 29.1 Å². The molecular weight excluding hydrogens is 289 g/mol. The van der Waals surface area contributed by atoms with Crippen LogP contribution in [-0.2, 0) is 11.2 Å². The van der Waals surface area contributed by atoms with Gasteiger partial charge in [0.25, 0.3) is 0 Å². The molecule has 1 fully saturated rings. The van der Waals surface area contributed by atoms with Gasteiger partial charge in [-0.15, -0.1) is 0 Å². The predicted molar refractivity (Wildman–Crippen MR) is 80.8 cm³/mol. The van der Waals surface area contributed by atoms with Gasteiger partial charge in [0.1, 0.15) is 5.82 Å². The number of carbonyl (C=O) groups excluding carboxylic acids is 1. The lowest BCUT2D eigenvalue weighted by molar-refractivity contribution is -0.120. The molecule has 4 heteroatoms. The molecule has 0 unspecified atom stereocenters. The van der Waals surface area contributed by atoms with Crippen molar-refractivity contribution in [2.24, 2.45) is 0 Å². The summed E-state index contributed by atoms with van der Waals surface area (Å²) >= 11 is 6.16. The van der Waals surface area contributed by atoms with Gasteiger partial charge in [0.05, 0.1) is 6.42 Å². The number of amides is 1. The summed E-state index contributed by atoms with van der Waals surface area (Å²) in [5.74, 6) is -0.0304. The molecule has 1 saturated carbocycles. The summed E-state index contributed by atoms with van der Waals surface area (Å²) in [7, 11) is 0. The molecule has 3 rings (SSSR count). The van der Waals surface area contributed by atoms with Crippen LogP contribution in [0, 0.1) is 5.82 Å². The first kappa shape index (κ1) is 14.1. The summed E-state index contributed by atoms with van der Waals surface area (Å²) in [6.07, 6.45) is 1.19. The molecule has 0 heterocycles. The molecule has 108 valence electrons. The zero-order chi connectivity index (χ0) is 14.8. The van der Waals surface area contributed by atoms with E-state index in [0.717, 1.165) is 22.6 Å². The largest absolute Gasteiger partial charge is 0.352 e. The predicted octanol–water partition coefficient (Wildman–Crippen LogP) is 3.69. The van der Waals surface area contributed by atoms with Gasteiger partial charge in [0.15, 0.2) is 0 Å². The zero-order valence-electron chi connectivity index (χ0n) is 11.4. The SMILES string of the molecule is O=C(Cc1ccc(F)cc1)N[C@@H]1C[C@H]1c1ccccc1Cl. The van der Waals surface area contributed by atoms with Crippen molar-refractivity contribution >= 4 is 17.5 Å². The van der Waals surface area contributed by atoms with E-state index < -0.39 is 0 Å². The minimum atomic E-state index is -0.292. The molecule has 2 aromatic carbocycles. The Balaban J connectivity index is 1.55. The maximum absolute atomic E-state index is 12.8. The van der Waals surface area contributed by atoms with Crippen LogP contribution in [0.4, 0.5) is 4.39 Å². The highest BCUT2D eigenvalue weighted by atomic mass is 35.5. The molecule has 0 saturated heterocycles. The summed E-state index contributed by atoms with van der Waals surface area (Å²) in [6, 6.07) is 13.9. The second kappa shape index (κ2) is 5.86. The van der Waals surface area contributed by atoms with Gasteiger partial charge in [-0.2, -0.15) is 0 Å². The Morgan fingerprint density at radius 1 is 1.19 bits per heavy atom. The molecule has 0 aliphatic heterocycles. The molecule has 0 spiro atoms. The second-order valence-corrected chi connectivity index (χ2v) is 5.75. The molecule has 2 atom stereocenters. The standard InChI is InChI=1S/C17H15ClFNO/c18-15-4-2-1-3-13(15)14-10-16(14)20-17(21)9-11-5-7-12(19)8-6-11/h1-8,14,16H,9-10H2,(H,20,21)/t14-,16+/m0/s1. The number of rotatable bonds is 4. The Bertz CT molecular complexity index is 656. The van der Waals surface area contributed by atoms with Crippen molar-refractivity contribution in [1.29, 1.82) is 0 Å². The fourth-order valence-electron chi connectivity index (χ4n) is 2.52. The lowest BCUT2D eigenvalue weighted by Gasteiger charge is -2.06. The summed E-state index contributed by atoms with van der Waals surface area (Å²) in [6.45, 7) is 0. The van der Waals surface area contributed by atoms with Crippen LogP contribution >= 0.6 is 11.6 Å². The third kappa shape index (κ3) is 3.42. The van der Waals surface area contributed by atoms with E-state index in [1.165, 1.54) is 12.1 Å². The Morgan fingerprint density at radius 2 is 1.90 bits per heavy atom. The van der Waals surface area contributed by atoms with Crippen LogP contribution in [-0.4, -0.2) is 11.9 Å². The van der Waals surface area contributed by atoms with Crippen molar-refractivity contribution in [2.75, 3.05) is 0 Å². The normalized spacial score (nSPS) is 20.1. The molecule has 2 nitrogen and oxygen atoms in total. The van der Waals surface area contributed by atoms with Gasteiger partial charge < -0.3 is 5.32 Å². The van der Waals surface area contributed by atoms with Gasteiger partial charge in [-0.25, -0.2) is 4.39 Å². The lowest BCUT2D eigenvalue weighted by atomic mass is 10.1. The van der Waals surface area contributed by atoms with Crippen LogP contribution in [0.5, 0.6) is 0 Å². The quantitative estimate of drug-likeness (QED) is 0.917. The summed E-state index contributed by atoms with van der Waals surface area (Å²) < 4.78 is 12.8. The maximum atomic E-state index is 12.8. The highest BCUT2D eigenvalue weighted by Crippen LogP contribution is 2.43. The Kier molecular flexibility index (Phi) is 3.93. The number of hydrogen-bond acceptors (Lipinski definition) is 1. The number of hydrogen-bond donors (Lipinski definition) is 1. The van der Waals surface area contributed by atoms with E-state index in [9.17, 15) is 9.18 Å². The molecule has 0 radical (unpaired) electrons. The molecule has 1 N–H and O–H groups in total. The van der Waals surface area contributed by atoms with Crippen LogP contribution < -0.4 is 5.32 Å². The summed E-state index contributed by atoms with van der Waals surface area (Å²) in [4.78, 5) is 12.0. The summed E-state index contributed by atoms with van der Waals surface area (Å²) in [5.41, 5.74) is 1.90. The number of benzene rings is 2. The van der Waals surface area contributed by atoms with Crippen LogP contribution in [0.1, 0.15) is 23.5 Å². The van der Waals surface area contributed by atoms with E-state index in [4.69, 9.17) is 11.6 Å². The average molecular weight is 304 g/mol. The van der Waals surface area contributed by atoms with Gasteiger partial charge in [0, 0.05) is 17.0 Å². The van der Waals surface area contributed by atoms with Crippen molar-refractivity contribution in [3.63, 3.8) is 0 Å². The van der Waals surface area contributed by atoms with Crippen molar-refractivity contribution in [3.8, 4) is 0 Å². The van der Waals surface area contributed by atoms with Gasteiger partial charge in [-0.05, 0) is 35.7 Å². The first-order valence-electron chi connectivity index (χ1n) is 6.92. The highest BCUT2D eigenvalue weighted by molar-refractivity contribution is 6.31. The van der Waals surface area contributed by atoms with Crippen LogP contribution in [0.3, 0.4) is 0 Å². The molecule has 1 amide bonds. The number of carbonyl (C=O) groups is 1. The molecule has 0 aromatic heterocycles. The maximum Gasteiger partial charge on any atom is 0.224 e. The van der Waals surface area contributed by atoms with Crippen LogP contribution in [0.2, 0.25) is 5.02 Å². The zero-order valence-corrected chi connectivity index (χ0v) is 12.1. The fraction of sp³-hybridized carbons (Fsp3) is 0.235.